The van der Waals surface area contributed by atoms with E-state index in [0.717, 1.165) is 11.3 Å². The first-order valence-corrected chi connectivity index (χ1v) is 6.76. The van der Waals surface area contributed by atoms with Crippen LogP contribution in [0.2, 0.25) is 0 Å². The molecule has 1 saturated heterocycles. The Kier molecular flexibility index (Phi) is 2.90. The summed E-state index contributed by atoms with van der Waals surface area (Å²) in [7, 11) is 1.69. The molecule has 1 unspecified atom stereocenters. The summed E-state index contributed by atoms with van der Waals surface area (Å²) in [5, 5.41) is 0. The lowest BCUT2D eigenvalue weighted by Gasteiger charge is -2.18. The summed E-state index contributed by atoms with van der Waals surface area (Å²) in [6.45, 7) is 4.23. The number of rotatable bonds is 3. The number of hydrogen-bond donors (Lipinski definition) is 0. The highest BCUT2D eigenvalue weighted by Crippen LogP contribution is 2.52. The molecule has 2 nitrogen and oxygen atoms in total. The van der Waals surface area contributed by atoms with Crippen LogP contribution in [0.15, 0.2) is 30.8 Å². The third-order valence-electron chi connectivity index (χ3n) is 4.25. The van der Waals surface area contributed by atoms with Crippen LogP contribution in [0.4, 0.5) is 0 Å². The van der Waals surface area contributed by atoms with Gasteiger partial charge in [0.15, 0.2) is 0 Å². The van der Waals surface area contributed by atoms with E-state index >= 15 is 0 Å². The molecule has 1 aromatic rings. The van der Waals surface area contributed by atoms with Crippen molar-refractivity contribution < 1.29 is 9.47 Å². The number of epoxide rings is 1. The van der Waals surface area contributed by atoms with Crippen molar-refractivity contribution in [3.05, 3.63) is 36.4 Å². The van der Waals surface area contributed by atoms with Gasteiger partial charge in [-0.3, -0.25) is 0 Å². The fourth-order valence-corrected chi connectivity index (χ4v) is 3.08. The minimum Gasteiger partial charge on any atom is -0.497 e. The quantitative estimate of drug-likeness (QED) is 0.754. The first kappa shape index (κ1) is 11.8. The molecule has 0 bridgehead atoms. The van der Waals surface area contributed by atoms with Gasteiger partial charge in [-0.05, 0) is 36.1 Å². The number of methoxy groups -OCH3 is 1. The van der Waals surface area contributed by atoms with Crippen molar-refractivity contribution in [1.82, 2.24) is 0 Å². The van der Waals surface area contributed by atoms with E-state index in [1.807, 2.05) is 12.1 Å². The van der Waals surface area contributed by atoms with Crippen molar-refractivity contribution in [3.8, 4) is 5.75 Å². The molecule has 1 aliphatic carbocycles. The smallest absolute Gasteiger partial charge is 0.118 e. The molecular weight excluding hydrogens is 224 g/mol. The maximum absolute atomic E-state index is 5.99. The summed E-state index contributed by atoms with van der Waals surface area (Å²) in [6, 6.07) is 8.10. The van der Waals surface area contributed by atoms with Gasteiger partial charge in [0, 0.05) is 0 Å². The number of benzene rings is 1. The van der Waals surface area contributed by atoms with Gasteiger partial charge < -0.3 is 9.47 Å². The summed E-state index contributed by atoms with van der Waals surface area (Å²) in [5.41, 5.74) is 2.43. The lowest BCUT2D eigenvalue weighted by Crippen LogP contribution is -2.19. The van der Waals surface area contributed by atoms with E-state index < -0.39 is 0 Å². The molecule has 0 aromatic heterocycles. The van der Waals surface area contributed by atoms with Crippen LogP contribution in [0.25, 0.3) is 5.57 Å². The van der Waals surface area contributed by atoms with Crippen LogP contribution in [-0.2, 0) is 4.74 Å². The summed E-state index contributed by atoms with van der Waals surface area (Å²) in [5.74, 6) is 0.885. The first-order valence-electron chi connectivity index (χ1n) is 6.76. The molecule has 3 rings (SSSR count). The van der Waals surface area contributed by atoms with Crippen molar-refractivity contribution in [1.29, 1.82) is 0 Å². The van der Waals surface area contributed by atoms with Gasteiger partial charge in [0.1, 0.15) is 11.9 Å². The second-order valence-corrected chi connectivity index (χ2v) is 5.38. The Morgan fingerprint density at radius 2 is 1.89 bits per heavy atom. The molecule has 1 aromatic carbocycles. The average Bonchev–Trinajstić information content (AvgIpc) is 3.12. The van der Waals surface area contributed by atoms with E-state index in [1.165, 1.54) is 37.7 Å². The third-order valence-corrected chi connectivity index (χ3v) is 4.25. The Morgan fingerprint density at radius 1 is 1.22 bits per heavy atom. The molecule has 1 atom stereocenters. The Hall–Kier alpha value is -1.28. The van der Waals surface area contributed by atoms with Crippen LogP contribution in [0, 0.1) is 0 Å². The zero-order valence-corrected chi connectivity index (χ0v) is 10.9. The van der Waals surface area contributed by atoms with Crippen molar-refractivity contribution in [2.45, 2.75) is 43.8 Å². The Labute approximate surface area is 109 Å². The second kappa shape index (κ2) is 4.43. The summed E-state index contributed by atoms with van der Waals surface area (Å²) in [6.07, 6.45) is 6.59. The Bertz CT molecular complexity index is 441. The average molecular weight is 244 g/mol. The van der Waals surface area contributed by atoms with E-state index in [0.29, 0.717) is 0 Å². The van der Waals surface area contributed by atoms with Gasteiger partial charge in [-0.25, -0.2) is 0 Å². The fourth-order valence-electron chi connectivity index (χ4n) is 3.08. The van der Waals surface area contributed by atoms with E-state index in [-0.39, 0.29) is 11.7 Å². The normalized spacial score (nSPS) is 24.8. The van der Waals surface area contributed by atoms with Crippen LogP contribution < -0.4 is 4.74 Å². The maximum Gasteiger partial charge on any atom is 0.118 e. The SMILES string of the molecule is C=C(c1ccc(OC)cc1)C1OC12CCCCC2. The highest BCUT2D eigenvalue weighted by atomic mass is 16.6. The van der Waals surface area contributed by atoms with Crippen molar-refractivity contribution in [2.24, 2.45) is 0 Å². The summed E-state index contributed by atoms with van der Waals surface area (Å²) < 4.78 is 11.2. The Morgan fingerprint density at radius 3 is 2.50 bits per heavy atom. The molecule has 1 aliphatic heterocycles. The summed E-state index contributed by atoms with van der Waals surface area (Å²) in [4.78, 5) is 0. The van der Waals surface area contributed by atoms with Crippen LogP contribution >= 0.6 is 0 Å². The predicted octanol–water partition coefficient (Wildman–Crippen LogP) is 3.81. The van der Waals surface area contributed by atoms with E-state index in [2.05, 4.69) is 18.7 Å². The predicted molar refractivity (Wildman–Crippen MR) is 72.7 cm³/mol. The minimum atomic E-state index is 0.134. The molecule has 1 saturated carbocycles. The highest BCUT2D eigenvalue weighted by molar-refractivity contribution is 5.70. The van der Waals surface area contributed by atoms with Gasteiger partial charge in [0.05, 0.1) is 12.7 Å². The van der Waals surface area contributed by atoms with Gasteiger partial charge in [0.25, 0.3) is 0 Å². The number of hydrogen-bond acceptors (Lipinski definition) is 2. The van der Waals surface area contributed by atoms with Gasteiger partial charge in [-0.1, -0.05) is 38.0 Å². The molecule has 96 valence electrons. The van der Waals surface area contributed by atoms with Crippen molar-refractivity contribution >= 4 is 5.57 Å². The van der Waals surface area contributed by atoms with Gasteiger partial charge in [0.2, 0.25) is 0 Å². The largest absolute Gasteiger partial charge is 0.497 e. The Balaban J connectivity index is 1.71. The first-order chi connectivity index (χ1) is 8.75. The lowest BCUT2D eigenvalue weighted by atomic mass is 9.83. The molecular formula is C16H20O2. The monoisotopic (exact) mass is 244 g/mol. The lowest BCUT2D eigenvalue weighted by molar-refractivity contribution is 0.235. The third kappa shape index (κ3) is 1.95. The van der Waals surface area contributed by atoms with E-state index in [4.69, 9.17) is 9.47 Å². The molecule has 2 fully saturated rings. The molecule has 0 amide bonds. The van der Waals surface area contributed by atoms with Gasteiger partial charge in [-0.15, -0.1) is 0 Å². The maximum atomic E-state index is 5.99. The fraction of sp³-hybridized carbons (Fsp3) is 0.500. The van der Waals surface area contributed by atoms with Gasteiger partial charge in [-0.2, -0.15) is 0 Å². The van der Waals surface area contributed by atoms with Crippen LogP contribution in [-0.4, -0.2) is 18.8 Å². The topological polar surface area (TPSA) is 21.8 Å². The van der Waals surface area contributed by atoms with Crippen LogP contribution in [0.5, 0.6) is 5.75 Å². The molecule has 1 heterocycles. The zero-order valence-electron chi connectivity index (χ0n) is 10.9. The summed E-state index contributed by atoms with van der Waals surface area (Å²) >= 11 is 0. The van der Waals surface area contributed by atoms with E-state index in [1.54, 1.807) is 7.11 Å². The second-order valence-electron chi connectivity index (χ2n) is 5.38. The molecule has 2 aliphatic rings. The van der Waals surface area contributed by atoms with Crippen molar-refractivity contribution in [2.75, 3.05) is 7.11 Å². The molecule has 1 spiro atoms. The van der Waals surface area contributed by atoms with E-state index in [9.17, 15) is 0 Å². The standard InChI is InChI=1S/C16H20O2/c1-12(13-6-8-14(17-2)9-7-13)15-16(18-15)10-4-3-5-11-16/h6-9,15H,1,3-5,10-11H2,2H3. The number of ether oxygens (including phenoxy) is 2. The zero-order chi connectivity index (χ0) is 12.6. The van der Waals surface area contributed by atoms with Crippen LogP contribution in [0.3, 0.4) is 0 Å². The molecule has 0 radical (unpaired) electrons. The molecule has 2 heteroatoms. The van der Waals surface area contributed by atoms with Gasteiger partial charge >= 0.3 is 0 Å². The minimum absolute atomic E-state index is 0.134. The van der Waals surface area contributed by atoms with Crippen LogP contribution in [0.1, 0.15) is 37.7 Å². The van der Waals surface area contributed by atoms with Crippen molar-refractivity contribution in [3.63, 3.8) is 0 Å². The highest BCUT2D eigenvalue weighted by Gasteiger charge is 2.57. The molecule has 0 N–H and O–H groups in total. The molecule has 18 heavy (non-hydrogen) atoms.